The molecule has 2 aromatic carbocycles. The van der Waals surface area contributed by atoms with Gasteiger partial charge in [-0.15, -0.1) is 0 Å². The highest BCUT2D eigenvalue weighted by Gasteiger charge is 2.13. The van der Waals surface area contributed by atoms with E-state index in [0.29, 0.717) is 11.3 Å². The zero-order valence-corrected chi connectivity index (χ0v) is 11.1. The van der Waals surface area contributed by atoms with Gasteiger partial charge in [-0.3, -0.25) is 14.9 Å². The number of rotatable bonds is 4. The summed E-state index contributed by atoms with van der Waals surface area (Å²) in [4.78, 5) is 22.0. The molecule has 108 valence electrons. The van der Waals surface area contributed by atoms with E-state index in [1.54, 1.807) is 18.2 Å². The van der Waals surface area contributed by atoms with Gasteiger partial charge in [-0.2, -0.15) is 0 Å². The average molecular weight is 288 g/mol. The van der Waals surface area contributed by atoms with Gasteiger partial charge < -0.3 is 15.2 Å². The van der Waals surface area contributed by atoms with E-state index in [1.165, 1.54) is 25.3 Å². The third kappa shape index (κ3) is 3.27. The van der Waals surface area contributed by atoms with Crippen molar-refractivity contribution < 1.29 is 19.6 Å². The number of ether oxygens (including phenoxy) is 1. The molecular weight excluding hydrogens is 276 g/mol. The number of benzene rings is 2. The molecule has 0 aromatic heterocycles. The Bertz CT molecular complexity index is 700. The second-order valence-corrected chi connectivity index (χ2v) is 4.14. The number of hydrogen-bond donors (Lipinski definition) is 2. The lowest BCUT2D eigenvalue weighted by Gasteiger charge is -2.08. The van der Waals surface area contributed by atoms with Crippen LogP contribution >= 0.6 is 0 Å². The highest BCUT2D eigenvalue weighted by Crippen LogP contribution is 2.28. The fourth-order valence-corrected chi connectivity index (χ4v) is 1.70. The van der Waals surface area contributed by atoms with Crippen LogP contribution in [0.2, 0.25) is 0 Å². The fourth-order valence-electron chi connectivity index (χ4n) is 1.70. The van der Waals surface area contributed by atoms with Crippen LogP contribution < -0.4 is 10.1 Å². The lowest BCUT2D eigenvalue weighted by molar-refractivity contribution is -0.384. The van der Waals surface area contributed by atoms with Gasteiger partial charge >= 0.3 is 0 Å². The molecule has 0 aliphatic heterocycles. The van der Waals surface area contributed by atoms with Crippen LogP contribution in [0.1, 0.15) is 10.4 Å². The highest BCUT2D eigenvalue weighted by atomic mass is 16.6. The Labute approximate surface area is 119 Å². The van der Waals surface area contributed by atoms with Crippen molar-refractivity contribution in [1.82, 2.24) is 0 Å². The molecule has 7 heteroatoms. The zero-order chi connectivity index (χ0) is 15.4. The molecule has 0 saturated carbocycles. The van der Waals surface area contributed by atoms with Crippen molar-refractivity contribution in [3.05, 3.63) is 58.1 Å². The molecule has 2 N–H and O–H groups in total. The molecule has 0 unspecified atom stereocenters. The third-order valence-electron chi connectivity index (χ3n) is 2.77. The van der Waals surface area contributed by atoms with Crippen LogP contribution in [0.5, 0.6) is 11.5 Å². The van der Waals surface area contributed by atoms with Gasteiger partial charge in [0.2, 0.25) is 0 Å². The molecule has 7 nitrogen and oxygen atoms in total. The van der Waals surface area contributed by atoms with Crippen LogP contribution in [-0.2, 0) is 0 Å². The van der Waals surface area contributed by atoms with Gasteiger partial charge in [-0.25, -0.2) is 0 Å². The summed E-state index contributed by atoms with van der Waals surface area (Å²) in [5.74, 6) is -0.311. The molecule has 0 fully saturated rings. The second kappa shape index (κ2) is 5.91. The number of non-ortho nitro benzene ring substituents is 1. The number of nitrogens with one attached hydrogen (secondary N) is 1. The van der Waals surface area contributed by atoms with E-state index < -0.39 is 10.8 Å². The van der Waals surface area contributed by atoms with Crippen molar-refractivity contribution in [2.75, 3.05) is 12.4 Å². The number of phenolic OH excluding ortho intramolecular Hbond substituents is 1. The van der Waals surface area contributed by atoms with Gasteiger partial charge in [-0.05, 0) is 24.3 Å². The number of anilines is 1. The van der Waals surface area contributed by atoms with Gasteiger partial charge in [0.25, 0.3) is 11.6 Å². The standard InChI is InChI=1S/C14H12N2O5/c1-21-11-4-2-3-9(7-11)14(18)15-12-6-5-10(16(19)20)8-13(12)17/h2-8,17H,1H3,(H,15,18). The van der Waals surface area contributed by atoms with Gasteiger partial charge in [-0.1, -0.05) is 6.07 Å². The van der Waals surface area contributed by atoms with E-state index >= 15 is 0 Å². The van der Waals surface area contributed by atoms with Gasteiger partial charge in [0, 0.05) is 11.6 Å². The molecule has 0 heterocycles. The van der Waals surface area contributed by atoms with E-state index in [1.807, 2.05) is 0 Å². The predicted molar refractivity (Wildman–Crippen MR) is 75.7 cm³/mol. The molecule has 0 atom stereocenters. The summed E-state index contributed by atoms with van der Waals surface area (Å²) in [6.45, 7) is 0. The van der Waals surface area contributed by atoms with E-state index in [4.69, 9.17) is 4.74 Å². The van der Waals surface area contributed by atoms with Crippen LogP contribution in [0.4, 0.5) is 11.4 Å². The minimum absolute atomic E-state index is 0.0911. The lowest BCUT2D eigenvalue weighted by Crippen LogP contribution is -2.12. The van der Waals surface area contributed by atoms with Crippen molar-refractivity contribution >= 4 is 17.3 Å². The summed E-state index contributed by atoms with van der Waals surface area (Å²) in [5, 5.41) is 22.7. The number of nitrogens with zero attached hydrogens (tertiary/aromatic N) is 1. The number of carbonyl (C=O) groups excluding carboxylic acids is 1. The Kier molecular flexibility index (Phi) is 4.03. The first-order valence-corrected chi connectivity index (χ1v) is 5.94. The van der Waals surface area contributed by atoms with Gasteiger partial charge in [0.1, 0.15) is 11.5 Å². The van der Waals surface area contributed by atoms with Crippen molar-refractivity contribution in [2.24, 2.45) is 0 Å². The Morgan fingerprint density at radius 2 is 2.05 bits per heavy atom. The Hall–Kier alpha value is -3.09. The maximum absolute atomic E-state index is 12.0. The van der Waals surface area contributed by atoms with Crippen LogP contribution in [-0.4, -0.2) is 23.0 Å². The zero-order valence-electron chi connectivity index (χ0n) is 11.1. The van der Waals surface area contributed by atoms with Crippen molar-refractivity contribution in [1.29, 1.82) is 0 Å². The monoisotopic (exact) mass is 288 g/mol. The first-order chi connectivity index (χ1) is 10.0. The smallest absolute Gasteiger partial charge is 0.273 e. The average Bonchev–Trinajstić information content (AvgIpc) is 2.49. The summed E-state index contributed by atoms with van der Waals surface area (Å²) >= 11 is 0. The lowest BCUT2D eigenvalue weighted by atomic mass is 10.2. The molecule has 0 spiro atoms. The topological polar surface area (TPSA) is 102 Å². The summed E-state index contributed by atoms with van der Waals surface area (Å²) in [6, 6.07) is 9.91. The van der Waals surface area contributed by atoms with E-state index in [-0.39, 0.29) is 17.1 Å². The number of methoxy groups -OCH3 is 1. The molecule has 1 amide bonds. The van der Waals surface area contributed by atoms with E-state index in [9.17, 15) is 20.0 Å². The third-order valence-corrected chi connectivity index (χ3v) is 2.77. The summed E-state index contributed by atoms with van der Waals surface area (Å²) in [5.41, 5.74) is 0.174. The molecule has 21 heavy (non-hydrogen) atoms. The first kappa shape index (κ1) is 14.3. The quantitative estimate of drug-likeness (QED) is 0.511. The molecule has 0 aliphatic carbocycles. The molecule has 2 rings (SSSR count). The normalized spacial score (nSPS) is 9.95. The van der Waals surface area contributed by atoms with Crippen LogP contribution in [0.25, 0.3) is 0 Å². The molecule has 2 aromatic rings. The number of hydrogen-bond acceptors (Lipinski definition) is 5. The van der Waals surface area contributed by atoms with Crippen molar-refractivity contribution in [2.45, 2.75) is 0 Å². The van der Waals surface area contributed by atoms with Crippen LogP contribution in [0, 0.1) is 10.1 Å². The van der Waals surface area contributed by atoms with Crippen molar-refractivity contribution in [3.63, 3.8) is 0 Å². The molecular formula is C14H12N2O5. The number of aromatic hydroxyl groups is 1. The van der Waals surface area contributed by atoms with E-state index in [0.717, 1.165) is 6.07 Å². The number of phenols is 1. The Morgan fingerprint density at radius 3 is 2.67 bits per heavy atom. The first-order valence-electron chi connectivity index (χ1n) is 5.94. The van der Waals surface area contributed by atoms with Gasteiger partial charge in [0.15, 0.2) is 0 Å². The Morgan fingerprint density at radius 1 is 1.29 bits per heavy atom. The second-order valence-electron chi connectivity index (χ2n) is 4.14. The molecule has 0 aliphatic rings. The number of amides is 1. The summed E-state index contributed by atoms with van der Waals surface area (Å²) in [7, 11) is 1.49. The Balaban J connectivity index is 2.21. The predicted octanol–water partition coefficient (Wildman–Crippen LogP) is 2.56. The maximum atomic E-state index is 12.0. The number of nitro benzene ring substituents is 1. The molecule has 0 bridgehead atoms. The number of nitro groups is 1. The summed E-state index contributed by atoms with van der Waals surface area (Å²) in [6.07, 6.45) is 0. The SMILES string of the molecule is COc1cccc(C(=O)Nc2ccc([N+](=O)[O-])cc2O)c1. The molecule has 0 radical (unpaired) electrons. The maximum Gasteiger partial charge on any atom is 0.273 e. The largest absolute Gasteiger partial charge is 0.506 e. The summed E-state index contributed by atoms with van der Waals surface area (Å²) < 4.78 is 5.02. The highest BCUT2D eigenvalue weighted by molar-refractivity contribution is 6.05. The fraction of sp³-hybridized carbons (Fsp3) is 0.0714. The molecule has 0 saturated heterocycles. The van der Waals surface area contributed by atoms with Crippen molar-refractivity contribution in [3.8, 4) is 11.5 Å². The van der Waals surface area contributed by atoms with E-state index in [2.05, 4.69) is 5.32 Å². The van der Waals surface area contributed by atoms with Crippen LogP contribution in [0.3, 0.4) is 0 Å². The van der Waals surface area contributed by atoms with Crippen LogP contribution in [0.15, 0.2) is 42.5 Å². The number of carbonyl (C=O) groups is 1. The van der Waals surface area contributed by atoms with Gasteiger partial charge in [0.05, 0.1) is 23.8 Å². The minimum atomic E-state index is -0.632. The minimum Gasteiger partial charge on any atom is -0.506 e.